The summed E-state index contributed by atoms with van der Waals surface area (Å²) in [6.07, 6.45) is 36.8. The number of aliphatic hydroxyl groups is 5. The minimum absolute atomic E-state index is 0.131. The molecule has 1 amide bonds. The molecule has 0 aromatic rings. The van der Waals surface area contributed by atoms with Crippen molar-refractivity contribution in [2.45, 2.75) is 288 Å². The monoisotopic (exact) mass is 814 g/mol. The van der Waals surface area contributed by atoms with Crippen molar-refractivity contribution in [3.05, 3.63) is 0 Å². The highest BCUT2D eigenvalue weighted by Crippen LogP contribution is 2.23. The zero-order valence-electron chi connectivity index (χ0n) is 37.4. The Morgan fingerprint density at radius 1 is 0.526 bits per heavy atom. The number of amides is 1. The van der Waals surface area contributed by atoms with E-state index < -0.39 is 49.5 Å². The van der Waals surface area contributed by atoms with Gasteiger partial charge in [0.1, 0.15) is 24.4 Å². The molecule has 57 heavy (non-hydrogen) atoms. The second kappa shape index (κ2) is 39.3. The highest BCUT2D eigenvalue weighted by Gasteiger charge is 2.44. The first-order valence-corrected chi connectivity index (χ1v) is 24.7. The fraction of sp³-hybridized carbons (Fsp3) is 0.979. The SMILES string of the molecule is CCCCCCCCCCCCCCCCCCCCCCC(O)C(COC1OC(CO)C(O)C(O)C1O)NC(=O)CCCCCCCCCCCCCCCC. The summed E-state index contributed by atoms with van der Waals surface area (Å²) in [6, 6.07) is -0.711. The van der Waals surface area contributed by atoms with Gasteiger partial charge < -0.3 is 40.3 Å². The lowest BCUT2D eigenvalue weighted by Gasteiger charge is -2.40. The third-order valence-electron chi connectivity index (χ3n) is 12.2. The van der Waals surface area contributed by atoms with Crippen molar-refractivity contribution < 1.29 is 39.8 Å². The van der Waals surface area contributed by atoms with Crippen LogP contribution in [0.25, 0.3) is 0 Å². The topological polar surface area (TPSA) is 149 Å². The van der Waals surface area contributed by atoms with E-state index in [4.69, 9.17) is 9.47 Å². The highest BCUT2D eigenvalue weighted by atomic mass is 16.7. The van der Waals surface area contributed by atoms with Crippen molar-refractivity contribution in [3.8, 4) is 0 Å². The van der Waals surface area contributed by atoms with Crippen molar-refractivity contribution in [3.63, 3.8) is 0 Å². The summed E-state index contributed by atoms with van der Waals surface area (Å²) in [5, 5.41) is 54.4. The zero-order chi connectivity index (χ0) is 41.6. The molecule has 1 aliphatic rings. The molecule has 1 rings (SSSR count). The van der Waals surface area contributed by atoms with E-state index in [-0.39, 0.29) is 12.5 Å². The van der Waals surface area contributed by atoms with Crippen molar-refractivity contribution in [1.82, 2.24) is 5.32 Å². The third-order valence-corrected chi connectivity index (χ3v) is 12.2. The summed E-state index contributed by atoms with van der Waals surface area (Å²) < 4.78 is 11.3. The Hall–Kier alpha value is -0.810. The van der Waals surface area contributed by atoms with Crippen molar-refractivity contribution in [1.29, 1.82) is 0 Å². The molecule has 1 fully saturated rings. The van der Waals surface area contributed by atoms with Crippen LogP contribution in [-0.2, 0) is 14.3 Å². The predicted molar refractivity (Wildman–Crippen MR) is 235 cm³/mol. The molecule has 1 heterocycles. The molecule has 0 radical (unpaired) electrons. The molecule has 0 aliphatic carbocycles. The van der Waals surface area contributed by atoms with Crippen LogP contribution in [0.3, 0.4) is 0 Å². The molecule has 9 heteroatoms. The average Bonchev–Trinajstić information content (AvgIpc) is 3.21. The fourth-order valence-corrected chi connectivity index (χ4v) is 8.22. The molecule has 0 spiro atoms. The fourth-order valence-electron chi connectivity index (χ4n) is 8.22. The van der Waals surface area contributed by atoms with Gasteiger partial charge in [0.15, 0.2) is 6.29 Å². The van der Waals surface area contributed by atoms with Crippen LogP contribution in [0.2, 0.25) is 0 Å². The quantitative estimate of drug-likeness (QED) is 0.0334. The van der Waals surface area contributed by atoms with Crippen LogP contribution in [0, 0.1) is 0 Å². The summed E-state index contributed by atoms with van der Waals surface area (Å²) in [7, 11) is 0. The maximum Gasteiger partial charge on any atom is 0.220 e. The maximum absolute atomic E-state index is 13.0. The molecule has 0 bridgehead atoms. The Kier molecular flexibility index (Phi) is 37.4. The number of aliphatic hydroxyl groups excluding tert-OH is 5. The van der Waals surface area contributed by atoms with Gasteiger partial charge in [-0.2, -0.15) is 0 Å². The number of carbonyl (C=O) groups is 1. The first-order chi connectivity index (χ1) is 27.8. The standard InChI is InChI=1S/C48H95NO8/c1-3-5-7-9-11-13-15-17-19-20-21-22-23-24-25-27-29-31-33-35-37-42(51)41(40-56-48-47(55)46(54)45(53)43(39-50)57-48)49-44(52)38-36-34-32-30-28-26-18-16-14-12-10-8-6-4-2/h41-43,45-48,50-51,53-55H,3-40H2,1-2H3,(H,49,52). The molecule has 1 aliphatic heterocycles. The van der Waals surface area contributed by atoms with Crippen LogP contribution in [0.5, 0.6) is 0 Å². The second-order valence-corrected chi connectivity index (χ2v) is 17.6. The molecule has 6 N–H and O–H groups in total. The second-order valence-electron chi connectivity index (χ2n) is 17.6. The predicted octanol–water partition coefficient (Wildman–Crippen LogP) is 10.7. The van der Waals surface area contributed by atoms with Crippen LogP contribution in [-0.4, -0.2) is 87.5 Å². The van der Waals surface area contributed by atoms with Crippen molar-refractivity contribution in [2.24, 2.45) is 0 Å². The van der Waals surface area contributed by atoms with E-state index in [0.717, 1.165) is 38.5 Å². The number of hydrogen-bond acceptors (Lipinski definition) is 8. The van der Waals surface area contributed by atoms with Gasteiger partial charge in [0.2, 0.25) is 5.91 Å². The third kappa shape index (κ3) is 30.0. The molecule has 0 saturated carbocycles. The summed E-state index contributed by atoms with van der Waals surface area (Å²) in [5.74, 6) is -0.140. The summed E-state index contributed by atoms with van der Waals surface area (Å²) >= 11 is 0. The van der Waals surface area contributed by atoms with Crippen LogP contribution < -0.4 is 5.32 Å². The minimum Gasteiger partial charge on any atom is -0.394 e. The number of ether oxygens (including phenoxy) is 2. The Labute approximate surface area is 351 Å². The lowest BCUT2D eigenvalue weighted by atomic mass is 9.99. The smallest absolute Gasteiger partial charge is 0.220 e. The van der Waals surface area contributed by atoms with Gasteiger partial charge in [-0.1, -0.05) is 226 Å². The highest BCUT2D eigenvalue weighted by molar-refractivity contribution is 5.76. The molecule has 0 aromatic heterocycles. The van der Waals surface area contributed by atoms with Gasteiger partial charge >= 0.3 is 0 Å². The summed E-state index contributed by atoms with van der Waals surface area (Å²) in [4.78, 5) is 13.0. The lowest BCUT2D eigenvalue weighted by molar-refractivity contribution is -0.302. The van der Waals surface area contributed by atoms with E-state index in [0.29, 0.717) is 12.8 Å². The normalized spacial score (nSPS) is 20.9. The number of nitrogens with one attached hydrogen (secondary N) is 1. The largest absolute Gasteiger partial charge is 0.394 e. The molecule has 0 aromatic carbocycles. The Morgan fingerprint density at radius 3 is 1.25 bits per heavy atom. The van der Waals surface area contributed by atoms with Gasteiger partial charge in [0.05, 0.1) is 25.4 Å². The molecule has 7 atom stereocenters. The Bertz CT molecular complexity index is 862. The van der Waals surface area contributed by atoms with Crippen LogP contribution in [0.15, 0.2) is 0 Å². The number of carbonyl (C=O) groups excluding carboxylic acids is 1. The van der Waals surface area contributed by atoms with Gasteiger partial charge in [0, 0.05) is 6.42 Å². The van der Waals surface area contributed by atoms with E-state index >= 15 is 0 Å². The van der Waals surface area contributed by atoms with Crippen LogP contribution in [0.4, 0.5) is 0 Å². The van der Waals surface area contributed by atoms with Gasteiger partial charge in [-0.05, 0) is 12.8 Å². The molecule has 9 nitrogen and oxygen atoms in total. The van der Waals surface area contributed by atoms with Gasteiger partial charge in [0.25, 0.3) is 0 Å². The average molecular weight is 814 g/mol. The van der Waals surface area contributed by atoms with Crippen LogP contribution >= 0.6 is 0 Å². The van der Waals surface area contributed by atoms with E-state index in [1.807, 2.05) is 0 Å². The van der Waals surface area contributed by atoms with E-state index in [1.165, 1.54) is 180 Å². The Balaban J connectivity index is 2.27. The summed E-state index contributed by atoms with van der Waals surface area (Å²) in [6.45, 7) is 3.86. The number of hydrogen-bond donors (Lipinski definition) is 6. The van der Waals surface area contributed by atoms with E-state index in [1.54, 1.807) is 0 Å². The van der Waals surface area contributed by atoms with Crippen molar-refractivity contribution >= 4 is 5.91 Å². The van der Waals surface area contributed by atoms with Crippen molar-refractivity contribution in [2.75, 3.05) is 13.2 Å². The molecule has 7 unspecified atom stereocenters. The van der Waals surface area contributed by atoms with E-state index in [9.17, 15) is 30.3 Å². The van der Waals surface area contributed by atoms with Gasteiger partial charge in [-0.15, -0.1) is 0 Å². The molecule has 340 valence electrons. The van der Waals surface area contributed by atoms with Gasteiger partial charge in [-0.3, -0.25) is 4.79 Å². The lowest BCUT2D eigenvalue weighted by Crippen LogP contribution is -2.60. The zero-order valence-corrected chi connectivity index (χ0v) is 37.4. The number of rotatable bonds is 42. The first kappa shape index (κ1) is 54.2. The van der Waals surface area contributed by atoms with E-state index in [2.05, 4.69) is 19.2 Å². The van der Waals surface area contributed by atoms with Gasteiger partial charge in [-0.25, -0.2) is 0 Å². The van der Waals surface area contributed by atoms with Crippen LogP contribution in [0.1, 0.15) is 245 Å². The number of unbranched alkanes of at least 4 members (excludes halogenated alkanes) is 32. The molecular formula is C48H95NO8. The Morgan fingerprint density at radius 2 is 0.877 bits per heavy atom. The first-order valence-electron chi connectivity index (χ1n) is 24.7. The summed E-state index contributed by atoms with van der Waals surface area (Å²) in [5.41, 5.74) is 0. The molecular weight excluding hydrogens is 719 g/mol. The maximum atomic E-state index is 13.0. The minimum atomic E-state index is -1.55. The molecule has 1 saturated heterocycles.